The van der Waals surface area contributed by atoms with Gasteiger partial charge in [-0.25, -0.2) is 14.6 Å². The molecule has 18 heteroatoms. The minimum atomic E-state index is -1.74. The molecule has 2 aliphatic rings. The summed E-state index contributed by atoms with van der Waals surface area (Å²) < 4.78 is 16.4. The molecule has 0 spiro atoms. The average molecular weight is 925 g/mol. The smallest absolute Gasteiger partial charge is 0.355 e. The Balaban J connectivity index is 1.41. The van der Waals surface area contributed by atoms with E-state index in [1.165, 1.54) is 32.1 Å². The van der Waals surface area contributed by atoms with E-state index in [1.54, 1.807) is 46.9 Å². The highest BCUT2D eigenvalue weighted by atomic mass is 32.2. The lowest BCUT2D eigenvalue weighted by atomic mass is 9.77. The maximum Gasteiger partial charge on any atom is 0.355 e. The molecule has 0 radical (unpaired) electrons. The van der Waals surface area contributed by atoms with Crippen LogP contribution in [0.25, 0.3) is 0 Å². The number of hydrogen-bond donors (Lipinski definition) is 3. The molecule has 3 amide bonds. The highest BCUT2D eigenvalue weighted by Crippen LogP contribution is 2.48. The zero-order valence-corrected chi connectivity index (χ0v) is 39.2. The summed E-state index contributed by atoms with van der Waals surface area (Å²) in [6, 6.07) is 28.0. The number of fused-ring (bicyclic) bond motifs is 1. The van der Waals surface area contributed by atoms with E-state index in [1.807, 2.05) is 91.0 Å². The maximum absolute atomic E-state index is 14.7. The van der Waals surface area contributed by atoms with Crippen molar-refractivity contribution in [1.82, 2.24) is 20.5 Å². The van der Waals surface area contributed by atoms with Gasteiger partial charge in [0.25, 0.3) is 11.8 Å². The summed E-state index contributed by atoms with van der Waals surface area (Å²) in [6.07, 6.45) is 0.341. The lowest BCUT2D eigenvalue weighted by Crippen LogP contribution is -2.83. The van der Waals surface area contributed by atoms with Crippen LogP contribution in [-0.2, 0) is 53.4 Å². The summed E-state index contributed by atoms with van der Waals surface area (Å²) in [5.41, 5.74) is -2.31. The third-order valence-corrected chi connectivity index (χ3v) is 12.2. The molecule has 1 unspecified atom stereocenters. The van der Waals surface area contributed by atoms with Gasteiger partial charge in [-0.1, -0.05) is 96.2 Å². The number of ether oxygens (including phenoxy) is 3. The number of hydrogen-bond acceptors (Lipinski definition) is 15. The number of oxime groups is 1. The molecule has 3 heterocycles. The number of amides is 3. The van der Waals surface area contributed by atoms with Crippen LogP contribution in [0.3, 0.4) is 0 Å². The minimum absolute atomic E-state index is 0.00778. The number of carbonyl (C=O) groups is 6. The molecule has 65 heavy (non-hydrogen) atoms. The third-order valence-electron chi connectivity index (χ3n) is 9.93. The molecule has 342 valence electrons. The van der Waals surface area contributed by atoms with Gasteiger partial charge in [0, 0.05) is 23.6 Å². The van der Waals surface area contributed by atoms with Gasteiger partial charge < -0.3 is 35.0 Å². The molecule has 0 aliphatic carbocycles. The third kappa shape index (κ3) is 10.4. The second-order valence-corrected chi connectivity index (χ2v) is 19.7. The largest absolute Gasteiger partial charge is 0.461 e. The fourth-order valence-electron chi connectivity index (χ4n) is 7.05. The number of rotatable bonds is 16. The number of thioether (sulfide) groups is 1. The number of anilines is 1. The van der Waals surface area contributed by atoms with E-state index in [-0.39, 0.29) is 29.3 Å². The van der Waals surface area contributed by atoms with Crippen LogP contribution >= 0.6 is 23.1 Å². The molecule has 4 aromatic rings. The lowest BCUT2D eigenvalue weighted by Gasteiger charge is -2.58. The van der Waals surface area contributed by atoms with E-state index in [0.29, 0.717) is 11.5 Å². The zero-order chi connectivity index (χ0) is 47.4. The van der Waals surface area contributed by atoms with Gasteiger partial charge in [0.1, 0.15) is 34.7 Å². The maximum atomic E-state index is 14.7. The highest BCUT2D eigenvalue weighted by molar-refractivity contribution is 8.01. The lowest BCUT2D eigenvalue weighted by molar-refractivity contribution is -0.179. The molecule has 16 nitrogen and oxygen atoms in total. The predicted octanol–water partition coefficient (Wildman–Crippen LogP) is 6.02. The SMILES string of the molecule is CC(=O)OCC1=C(C(=O)OC(C)(C)C)N2C(=O)[C@H](NC(=O)/C(=N\OC(C)(C)C(=O)OC(C)(C)C)c3csc(NC(c4ccccc4)(c4ccccc4)c4ccccc4)n3)C2(NC=O)SC1. The van der Waals surface area contributed by atoms with Gasteiger partial charge in [0.05, 0.1) is 0 Å². The second kappa shape index (κ2) is 18.9. The van der Waals surface area contributed by atoms with E-state index in [9.17, 15) is 28.8 Å². The Morgan fingerprint density at radius 3 is 1.88 bits per heavy atom. The van der Waals surface area contributed by atoms with Crippen LogP contribution in [0.4, 0.5) is 5.13 Å². The van der Waals surface area contributed by atoms with Crippen molar-refractivity contribution in [2.75, 3.05) is 17.7 Å². The Bertz CT molecular complexity index is 2400. The van der Waals surface area contributed by atoms with Crippen LogP contribution in [0.1, 0.15) is 84.7 Å². The van der Waals surface area contributed by atoms with E-state index in [0.717, 1.165) is 33.4 Å². The first-order valence-corrected chi connectivity index (χ1v) is 22.5. The number of aromatic nitrogens is 1. The quantitative estimate of drug-likeness (QED) is 0.0224. The summed E-state index contributed by atoms with van der Waals surface area (Å²) >= 11 is 2.18. The molecular weight excluding hydrogens is 873 g/mol. The second-order valence-electron chi connectivity index (χ2n) is 17.6. The fourth-order valence-corrected chi connectivity index (χ4v) is 9.18. The van der Waals surface area contributed by atoms with Gasteiger partial charge in [-0.05, 0) is 72.1 Å². The molecule has 3 N–H and O–H groups in total. The normalized spacial score (nSPS) is 17.8. The van der Waals surface area contributed by atoms with Gasteiger partial charge in [0.2, 0.25) is 12.0 Å². The Morgan fingerprint density at radius 1 is 0.846 bits per heavy atom. The Labute approximate surface area is 385 Å². The molecule has 0 bridgehead atoms. The molecular formula is C47H52N6O10S2. The first-order valence-electron chi connectivity index (χ1n) is 20.6. The fraction of sp³-hybridized carbons (Fsp3) is 0.362. The monoisotopic (exact) mass is 924 g/mol. The topological polar surface area (TPSA) is 204 Å². The van der Waals surface area contributed by atoms with Gasteiger partial charge in [0.15, 0.2) is 21.9 Å². The first kappa shape index (κ1) is 47.9. The number of nitrogens with zero attached hydrogens (tertiary/aromatic N) is 3. The van der Waals surface area contributed by atoms with E-state index in [4.69, 9.17) is 24.0 Å². The summed E-state index contributed by atoms with van der Waals surface area (Å²) in [7, 11) is 0. The number of β-lactam (4-membered cyclic amide) rings is 1. The molecule has 2 aliphatic heterocycles. The Kier molecular flexibility index (Phi) is 13.9. The van der Waals surface area contributed by atoms with E-state index >= 15 is 0 Å². The van der Waals surface area contributed by atoms with E-state index in [2.05, 4.69) is 21.1 Å². The predicted molar refractivity (Wildman–Crippen MR) is 245 cm³/mol. The van der Waals surface area contributed by atoms with Crippen molar-refractivity contribution in [2.45, 2.75) is 95.7 Å². The standard InChI is InChI=1S/C47H52N6O10S2/c1-29(55)60-25-30-26-65-47(48-28-54)37(39(57)53(47)36(30)40(58)61-43(2,3)4)50-38(56)35(52-63-45(8,9)41(59)62-44(5,6)7)34-27-64-42(49-34)51-46(31-19-13-10-14-20-31,32-21-15-11-16-22-32)33-23-17-12-18-24-33/h10-24,27-28,37H,25-26H2,1-9H3,(H,48,54)(H,49,51)(H,50,56)/b52-35-/t37-,47?/m0/s1. The number of thiazole rings is 1. The van der Waals surface area contributed by atoms with Crippen molar-refractivity contribution in [3.05, 3.63) is 130 Å². The van der Waals surface area contributed by atoms with Crippen LogP contribution < -0.4 is 16.0 Å². The van der Waals surface area contributed by atoms with Crippen LogP contribution in [0, 0.1) is 0 Å². The van der Waals surface area contributed by atoms with Gasteiger partial charge in [-0.2, -0.15) is 0 Å². The average Bonchev–Trinajstić information content (AvgIpc) is 3.71. The zero-order valence-electron chi connectivity index (χ0n) is 37.5. The summed E-state index contributed by atoms with van der Waals surface area (Å²) in [5, 5.41) is 15.1. The van der Waals surface area contributed by atoms with Crippen molar-refractivity contribution in [3.8, 4) is 0 Å². The molecule has 3 aromatic carbocycles. The summed E-state index contributed by atoms with van der Waals surface area (Å²) in [6.45, 7) is 13.7. The van der Waals surface area contributed by atoms with Crippen molar-refractivity contribution >= 4 is 70.1 Å². The number of esters is 3. The van der Waals surface area contributed by atoms with E-state index < -0.39 is 68.8 Å². The molecule has 1 fully saturated rings. The van der Waals surface area contributed by atoms with Crippen molar-refractivity contribution in [1.29, 1.82) is 0 Å². The van der Waals surface area contributed by atoms with Crippen LogP contribution in [-0.4, -0.2) is 91.9 Å². The van der Waals surface area contributed by atoms with Crippen molar-refractivity contribution < 1.29 is 47.8 Å². The number of nitrogens with one attached hydrogen (secondary N) is 3. The minimum Gasteiger partial charge on any atom is -0.461 e. The van der Waals surface area contributed by atoms with Crippen molar-refractivity contribution in [3.63, 3.8) is 0 Å². The summed E-state index contributed by atoms with van der Waals surface area (Å²) in [5.74, 6) is -4.08. The van der Waals surface area contributed by atoms with Crippen LogP contribution in [0.2, 0.25) is 0 Å². The Hall–Kier alpha value is -6.53. The molecule has 0 saturated carbocycles. The molecule has 1 aromatic heterocycles. The Morgan fingerprint density at radius 2 is 1.38 bits per heavy atom. The highest BCUT2D eigenvalue weighted by Gasteiger charge is 2.66. The van der Waals surface area contributed by atoms with Crippen LogP contribution in [0.15, 0.2) is 113 Å². The number of carbonyl (C=O) groups excluding carboxylic acids is 6. The number of benzene rings is 3. The molecule has 1 saturated heterocycles. The first-order chi connectivity index (χ1) is 30.6. The van der Waals surface area contributed by atoms with Gasteiger partial charge >= 0.3 is 17.9 Å². The van der Waals surface area contributed by atoms with Crippen molar-refractivity contribution in [2.24, 2.45) is 5.16 Å². The summed E-state index contributed by atoms with van der Waals surface area (Å²) in [4.78, 5) is 90.0. The molecule has 2 atom stereocenters. The van der Waals surface area contributed by atoms with Crippen LogP contribution in [0.5, 0.6) is 0 Å². The van der Waals surface area contributed by atoms with Gasteiger partial charge in [-0.3, -0.25) is 24.1 Å². The molecule has 6 rings (SSSR count). The van der Waals surface area contributed by atoms with Gasteiger partial charge in [-0.15, -0.1) is 23.1 Å².